The highest BCUT2D eigenvalue weighted by atomic mass is 16.6. The van der Waals surface area contributed by atoms with Crippen molar-refractivity contribution in [1.82, 2.24) is 0 Å². The second-order valence-corrected chi connectivity index (χ2v) is 8.59. The van der Waals surface area contributed by atoms with Crippen LogP contribution in [0.1, 0.15) is 55.8 Å². The minimum absolute atomic E-state index is 0.442. The van der Waals surface area contributed by atoms with Crippen molar-refractivity contribution in [3.8, 4) is 5.75 Å². The van der Waals surface area contributed by atoms with Gasteiger partial charge in [-0.3, -0.25) is 4.79 Å². The van der Waals surface area contributed by atoms with Crippen molar-refractivity contribution in [2.45, 2.75) is 45.4 Å². The Labute approximate surface area is 229 Å². The van der Waals surface area contributed by atoms with Crippen LogP contribution in [-0.4, -0.2) is 105 Å². The third-order valence-electron chi connectivity index (χ3n) is 5.39. The topological polar surface area (TPSA) is 90.9 Å². The van der Waals surface area contributed by atoms with E-state index in [2.05, 4.69) is 6.92 Å². The molecule has 0 saturated heterocycles. The molecule has 9 nitrogen and oxygen atoms in total. The van der Waals surface area contributed by atoms with Crippen molar-refractivity contribution in [1.29, 1.82) is 0 Å². The van der Waals surface area contributed by atoms with Crippen LogP contribution in [0.2, 0.25) is 0 Å². The van der Waals surface area contributed by atoms with Gasteiger partial charge < -0.3 is 37.9 Å². The largest absolute Gasteiger partial charge is 0.491 e. The SMILES string of the molecule is CCCCCCCCOCCOCCOCCOCCOCCOCCOCCOc1ccc(C=O)cc1. The Balaban J connectivity index is 1.66. The summed E-state index contributed by atoms with van der Waals surface area (Å²) < 4.78 is 43.9. The summed E-state index contributed by atoms with van der Waals surface area (Å²) in [4.78, 5) is 10.6. The van der Waals surface area contributed by atoms with Gasteiger partial charge in [-0.25, -0.2) is 0 Å². The zero-order valence-electron chi connectivity index (χ0n) is 23.4. The van der Waals surface area contributed by atoms with E-state index in [0.717, 1.165) is 19.3 Å². The number of hydrogen-bond acceptors (Lipinski definition) is 9. The second-order valence-electron chi connectivity index (χ2n) is 8.59. The van der Waals surface area contributed by atoms with Crippen LogP contribution in [0.4, 0.5) is 0 Å². The zero-order chi connectivity index (χ0) is 27.2. The molecule has 38 heavy (non-hydrogen) atoms. The molecule has 0 heterocycles. The molecule has 0 radical (unpaired) electrons. The van der Waals surface area contributed by atoms with Crippen molar-refractivity contribution < 1.29 is 42.7 Å². The van der Waals surface area contributed by atoms with Crippen molar-refractivity contribution in [3.63, 3.8) is 0 Å². The average Bonchev–Trinajstić information content (AvgIpc) is 2.95. The summed E-state index contributed by atoms with van der Waals surface area (Å²) >= 11 is 0. The third-order valence-corrected chi connectivity index (χ3v) is 5.39. The maximum Gasteiger partial charge on any atom is 0.150 e. The summed E-state index contributed by atoms with van der Waals surface area (Å²) in [6.45, 7) is 10.5. The van der Waals surface area contributed by atoms with Crippen LogP contribution in [0, 0.1) is 0 Å². The fraction of sp³-hybridized carbons (Fsp3) is 0.759. The van der Waals surface area contributed by atoms with Gasteiger partial charge in [0.2, 0.25) is 0 Å². The molecule has 0 aromatic heterocycles. The predicted molar refractivity (Wildman–Crippen MR) is 146 cm³/mol. The molecule has 1 aromatic carbocycles. The molecule has 1 rings (SSSR count). The lowest BCUT2D eigenvalue weighted by Crippen LogP contribution is -2.15. The first-order valence-corrected chi connectivity index (χ1v) is 14.1. The summed E-state index contributed by atoms with van der Waals surface area (Å²) in [6, 6.07) is 6.96. The summed E-state index contributed by atoms with van der Waals surface area (Å²) in [5.74, 6) is 0.712. The number of carbonyl (C=O) groups excluding carboxylic acids is 1. The molecule has 0 aliphatic heterocycles. The van der Waals surface area contributed by atoms with Crippen molar-refractivity contribution in [2.24, 2.45) is 0 Å². The summed E-state index contributed by atoms with van der Waals surface area (Å²) in [5, 5.41) is 0. The summed E-state index contributed by atoms with van der Waals surface area (Å²) in [6.07, 6.45) is 8.49. The maximum atomic E-state index is 10.6. The quantitative estimate of drug-likeness (QED) is 0.104. The number of hydrogen-bond donors (Lipinski definition) is 0. The molecular weight excluding hydrogens is 492 g/mol. The van der Waals surface area contributed by atoms with Crippen LogP contribution in [-0.2, 0) is 33.2 Å². The average molecular weight is 543 g/mol. The minimum atomic E-state index is 0.442. The molecule has 220 valence electrons. The van der Waals surface area contributed by atoms with Crippen LogP contribution in [0.25, 0.3) is 0 Å². The van der Waals surface area contributed by atoms with Gasteiger partial charge in [-0.15, -0.1) is 0 Å². The first kappa shape index (κ1) is 34.4. The van der Waals surface area contributed by atoms with Crippen LogP contribution in [0.3, 0.4) is 0 Å². The molecule has 0 unspecified atom stereocenters. The van der Waals surface area contributed by atoms with Crippen molar-refractivity contribution in [2.75, 3.05) is 99.1 Å². The van der Waals surface area contributed by atoms with E-state index in [1.54, 1.807) is 24.3 Å². The predicted octanol–water partition coefficient (Wildman–Crippen LogP) is 4.35. The molecule has 0 aliphatic carbocycles. The van der Waals surface area contributed by atoms with Crippen molar-refractivity contribution >= 4 is 6.29 Å². The number of carbonyl (C=O) groups is 1. The molecule has 0 bridgehead atoms. The van der Waals surface area contributed by atoms with E-state index in [1.165, 1.54) is 32.1 Å². The lowest BCUT2D eigenvalue weighted by atomic mass is 10.1. The highest BCUT2D eigenvalue weighted by Crippen LogP contribution is 2.10. The molecule has 0 amide bonds. The van der Waals surface area contributed by atoms with E-state index < -0.39 is 0 Å². The first-order valence-electron chi connectivity index (χ1n) is 14.1. The monoisotopic (exact) mass is 542 g/mol. The minimum Gasteiger partial charge on any atom is -0.491 e. The molecule has 0 atom stereocenters. The van der Waals surface area contributed by atoms with Gasteiger partial charge in [-0.1, -0.05) is 39.0 Å². The van der Waals surface area contributed by atoms with Gasteiger partial charge >= 0.3 is 0 Å². The number of rotatable bonds is 30. The summed E-state index contributed by atoms with van der Waals surface area (Å²) in [7, 11) is 0. The molecule has 0 aliphatic rings. The zero-order valence-corrected chi connectivity index (χ0v) is 23.4. The fourth-order valence-electron chi connectivity index (χ4n) is 3.27. The number of unbranched alkanes of at least 4 members (excludes halogenated alkanes) is 5. The fourth-order valence-corrected chi connectivity index (χ4v) is 3.27. The first-order chi connectivity index (χ1) is 18.9. The van der Waals surface area contributed by atoms with Gasteiger partial charge in [-0.05, 0) is 30.7 Å². The van der Waals surface area contributed by atoms with E-state index in [4.69, 9.17) is 37.9 Å². The van der Waals surface area contributed by atoms with Gasteiger partial charge in [0.25, 0.3) is 0 Å². The lowest BCUT2D eigenvalue weighted by molar-refractivity contribution is -0.0213. The van der Waals surface area contributed by atoms with Gasteiger partial charge in [0.05, 0.1) is 85.9 Å². The number of benzene rings is 1. The van der Waals surface area contributed by atoms with E-state index >= 15 is 0 Å². The Hall–Kier alpha value is -1.59. The van der Waals surface area contributed by atoms with Crippen LogP contribution in [0.15, 0.2) is 24.3 Å². The number of ether oxygens (including phenoxy) is 8. The lowest BCUT2D eigenvalue weighted by Gasteiger charge is -2.09. The molecular formula is C29H50O9. The Bertz CT molecular complexity index is 613. The van der Waals surface area contributed by atoms with E-state index in [-0.39, 0.29) is 0 Å². The Morgan fingerprint density at radius 3 is 1.26 bits per heavy atom. The molecule has 0 fully saturated rings. The normalized spacial score (nSPS) is 11.2. The Morgan fingerprint density at radius 1 is 0.474 bits per heavy atom. The highest BCUT2D eigenvalue weighted by molar-refractivity contribution is 5.74. The number of aldehydes is 1. The Kier molecular flexibility index (Phi) is 25.8. The summed E-state index contributed by atoms with van der Waals surface area (Å²) in [5.41, 5.74) is 0.625. The van der Waals surface area contributed by atoms with Crippen LogP contribution < -0.4 is 4.74 Å². The third kappa shape index (κ3) is 23.5. The van der Waals surface area contributed by atoms with E-state index in [9.17, 15) is 4.79 Å². The second kappa shape index (κ2) is 28.4. The maximum absolute atomic E-state index is 10.6. The molecule has 0 N–H and O–H groups in total. The standard InChI is InChI=1S/C29H50O9/c1-2-3-4-5-6-7-12-31-13-14-32-15-16-33-17-18-34-19-20-35-21-22-36-23-24-37-25-26-38-29-10-8-28(27-30)9-11-29/h8-11,27H,2-7,12-26H2,1H3. The van der Waals surface area contributed by atoms with Crippen LogP contribution in [0.5, 0.6) is 5.75 Å². The van der Waals surface area contributed by atoms with Gasteiger partial charge in [0.1, 0.15) is 18.6 Å². The van der Waals surface area contributed by atoms with Crippen molar-refractivity contribution in [3.05, 3.63) is 29.8 Å². The molecule has 0 spiro atoms. The smallest absolute Gasteiger partial charge is 0.150 e. The van der Waals surface area contributed by atoms with Crippen LogP contribution >= 0.6 is 0 Å². The highest BCUT2D eigenvalue weighted by Gasteiger charge is 1.97. The van der Waals surface area contributed by atoms with E-state index in [1.807, 2.05) is 0 Å². The molecule has 1 aromatic rings. The molecule has 0 saturated carbocycles. The Morgan fingerprint density at radius 2 is 0.842 bits per heavy atom. The van der Waals surface area contributed by atoms with E-state index in [0.29, 0.717) is 104 Å². The van der Waals surface area contributed by atoms with Gasteiger partial charge in [-0.2, -0.15) is 0 Å². The van der Waals surface area contributed by atoms with Gasteiger partial charge in [0, 0.05) is 12.2 Å². The molecule has 9 heteroatoms. The van der Waals surface area contributed by atoms with Gasteiger partial charge in [0.15, 0.2) is 0 Å².